The average Bonchev–Trinajstić information content (AvgIpc) is 2.17. The highest BCUT2D eigenvalue weighted by Gasteiger charge is 2.53. The van der Waals surface area contributed by atoms with Gasteiger partial charge in [-0.25, -0.2) is 19.9 Å². The number of anilines is 2. The standard InChI is InChI=1S/C38H44N4O2Si.C38H44N4OSi/c1-26-28(24-44-45(38(2,3)4,29-14-7-5-8-15-29)30-16-9-6-10-17-30)23-34(35(26)43)42-22-21-32-36(39-25-40-37(32)42)41-33-20-19-27-13-11-12-18-31(27)33;1-27-23-30(42-22-21-34-36(39-26-40-37(34)42)41-35-20-19-28-13-11-12-18-33(28)35)24-29(27)25-43-44(38(2,3)4,31-14-7-5-8-15-31)32-16-9-6-10-17-32/h5-18,21-22,25-26,28,33-35,43H,19-20,23-24H2,1-4H3,(H,39,40,41);5-18,21-22,26-27,29-30,35H,19-20,23-25H2,1-4H3,(H,39,40,41)/t26?,28-,33?,34+,35-;27?,29-,30-,35?/m00/s1. The lowest BCUT2D eigenvalue weighted by Gasteiger charge is -2.43. The van der Waals surface area contributed by atoms with Crippen molar-refractivity contribution in [3.05, 3.63) is 229 Å². The van der Waals surface area contributed by atoms with Crippen molar-refractivity contribution in [2.75, 3.05) is 23.8 Å². The highest BCUT2D eigenvalue weighted by molar-refractivity contribution is 7.00. The van der Waals surface area contributed by atoms with E-state index in [-0.39, 0.29) is 34.0 Å². The highest BCUT2D eigenvalue weighted by atomic mass is 28.4. The molecule has 4 aliphatic rings. The molecule has 458 valence electrons. The molecule has 14 rings (SSSR count). The molecule has 13 heteroatoms. The molecule has 4 aliphatic carbocycles. The largest absolute Gasteiger partial charge is 0.407 e. The monoisotopic (exact) mass is 1220 g/mol. The first-order valence-corrected chi connectivity index (χ1v) is 36.4. The third-order valence-electron chi connectivity index (χ3n) is 20.8. The number of hydrogen-bond acceptors (Lipinski definition) is 9. The molecule has 11 nitrogen and oxygen atoms in total. The van der Waals surface area contributed by atoms with Crippen LogP contribution in [0.5, 0.6) is 0 Å². The molecule has 0 bridgehead atoms. The molecule has 6 aromatic carbocycles. The fourth-order valence-electron chi connectivity index (χ4n) is 16.0. The van der Waals surface area contributed by atoms with E-state index < -0.39 is 22.7 Å². The first kappa shape index (κ1) is 60.4. The molecule has 3 N–H and O–H groups in total. The van der Waals surface area contributed by atoms with Crippen molar-refractivity contribution < 1.29 is 14.0 Å². The van der Waals surface area contributed by atoms with Gasteiger partial charge in [-0.2, -0.15) is 0 Å². The van der Waals surface area contributed by atoms with Gasteiger partial charge in [-0.1, -0.05) is 225 Å². The second-order valence-corrected chi connectivity index (χ2v) is 36.6. The minimum Gasteiger partial charge on any atom is -0.407 e. The van der Waals surface area contributed by atoms with Crippen LogP contribution in [0.2, 0.25) is 10.1 Å². The molecule has 4 aromatic heterocycles. The van der Waals surface area contributed by atoms with Crippen LogP contribution in [0.25, 0.3) is 22.1 Å². The van der Waals surface area contributed by atoms with E-state index in [2.05, 4.69) is 275 Å². The Hall–Kier alpha value is -7.53. The lowest BCUT2D eigenvalue weighted by molar-refractivity contribution is 0.0878. The van der Waals surface area contributed by atoms with Crippen LogP contribution >= 0.6 is 0 Å². The molecule has 0 saturated heterocycles. The summed E-state index contributed by atoms with van der Waals surface area (Å²) < 4.78 is 19.3. The Balaban J connectivity index is 0.000000164. The minimum atomic E-state index is -2.67. The maximum atomic E-state index is 11.7. The number of rotatable bonds is 16. The number of benzene rings is 6. The van der Waals surface area contributed by atoms with Crippen molar-refractivity contribution in [1.82, 2.24) is 29.1 Å². The zero-order chi connectivity index (χ0) is 61.5. The van der Waals surface area contributed by atoms with Gasteiger partial charge in [0.2, 0.25) is 0 Å². The van der Waals surface area contributed by atoms with Crippen LogP contribution in [0.1, 0.15) is 134 Å². The van der Waals surface area contributed by atoms with E-state index in [1.165, 1.54) is 43.0 Å². The summed E-state index contributed by atoms with van der Waals surface area (Å²) in [6.45, 7) is 20.0. The van der Waals surface area contributed by atoms with E-state index in [9.17, 15) is 5.11 Å². The molecule has 9 atom stereocenters. The van der Waals surface area contributed by atoms with Crippen molar-refractivity contribution in [2.45, 2.75) is 141 Å². The van der Waals surface area contributed by atoms with Gasteiger partial charge in [0.15, 0.2) is 0 Å². The molecule has 0 radical (unpaired) electrons. The van der Waals surface area contributed by atoms with Gasteiger partial charge in [-0.05, 0) is 134 Å². The Morgan fingerprint density at radius 1 is 0.483 bits per heavy atom. The van der Waals surface area contributed by atoms with Crippen LogP contribution in [-0.2, 0) is 21.7 Å². The lowest BCUT2D eigenvalue weighted by Crippen LogP contribution is -2.67. The molecule has 0 aliphatic heterocycles. The Labute approximate surface area is 528 Å². The summed E-state index contributed by atoms with van der Waals surface area (Å²) in [6, 6.07) is 66.2. The van der Waals surface area contributed by atoms with Crippen LogP contribution in [0.15, 0.2) is 207 Å². The number of aromatic nitrogens is 6. The van der Waals surface area contributed by atoms with Crippen LogP contribution in [0.3, 0.4) is 0 Å². The third-order valence-corrected chi connectivity index (χ3v) is 30.8. The maximum absolute atomic E-state index is 11.7. The molecular weight excluding hydrogens is 1130 g/mol. The molecule has 0 spiro atoms. The summed E-state index contributed by atoms with van der Waals surface area (Å²) in [6.07, 6.45) is 14.6. The summed E-state index contributed by atoms with van der Waals surface area (Å²) in [5.74, 6) is 3.12. The van der Waals surface area contributed by atoms with Gasteiger partial charge in [0, 0.05) is 31.6 Å². The molecule has 10 aromatic rings. The highest BCUT2D eigenvalue weighted by Crippen LogP contribution is 2.47. The van der Waals surface area contributed by atoms with Gasteiger partial charge in [-0.3, -0.25) is 0 Å². The number of hydrogen-bond donors (Lipinski definition) is 3. The Morgan fingerprint density at radius 3 is 1.34 bits per heavy atom. The van der Waals surface area contributed by atoms with Gasteiger partial charge < -0.3 is 33.7 Å². The quantitative estimate of drug-likeness (QED) is 0.0811. The van der Waals surface area contributed by atoms with E-state index in [1.807, 2.05) is 0 Å². The maximum Gasteiger partial charge on any atom is 0.261 e. The topological polar surface area (TPSA) is 124 Å². The van der Waals surface area contributed by atoms with Crippen molar-refractivity contribution in [1.29, 1.82) is 0 Å². The number of nitrogens with one attached hydrogen (secondary N) is 2. The normalized spacial score (nSPS) is 22.6. The molecule has 4 heterocycles. The van der Waals surface area contributed by atoms with E-state index >= 15 is 0 Å². The predicted molar refractivity (Wildman–Crippen MR) is 368 cm³/mol. The van der Waals surface area contributed by atoms with Gasteiger partial charge in [0.25, 0.3) is 16.6 Å². The van der Waals surface area contributed by atoms with Crippen molar-refractivity contribution in [3.8, 4) is 0 Å². The summed E-state index contributed by atoms with van der Waals surface area (Å²) in [4.78, 5) is 18.9. The number of nitrogens with zero attached hydrogens (tertiary/aromatic N) is 6. The number of aryl methyl sites for hydroxylation is 2. The fourth-order valence-corrected chi connectivity index (χ4v) is 25.3. The molecule has 4 unspecified atom stereocenters. The minimum absolute atomic E-state index is 0.0201. The number of aliphatic hydroxyl groups is 1. The van der Waals surface area contributed by atoms with E-state index in [4.69, 9.17) is 23.8 Å². The van der Waals surface area contributed by atoms with Crippen molar-refractivity contribution in [3.63, 3.8) is 0 Å². The molecular formula is C76H88N8O3Si2. The Bertz CT molecular complexity index is 3940. The first-order chi connectivity index (χ1) is 43.1. The Kier molecular flexibility index (Phi) is 17.0. The average molecular weight is 1220 g/mol. The van der Waals surface area contributed by atoms with Gasteiger partial charge in [0.05, 0.1) is 35.0 Å². The fraction of sp³-hybridized carbons (Fsp3) is 0.368. The predicted octanol–water partition coefficient (Wildman–Crippen LogP) is 14.4. The van der Waals surface area contributed by atoms with Crippen LogP contribution in [0.4, 0.5) is 11.6 Å². The molecule has 2 fully saturated rings. The number of fused-ring (bicyclic) bond motifs is 4. The third kappa shape index (κ3) is 11.4. The van der Waals surface area contributed by atoms with Crippen molar-refractivity contribution >= 4 is 71.1 Å². The van der Waals surface area contributed by atoms with Gasteiger partial charge >= 0.3 is 0 Å². The second kappa shape index (κ2) is 25.0. The molecule has 89 heavy (non-hydrogen) atoms. The first-order valence-electron chi connectivity index (χ1n) is 32.6. The van der Waals surface area contributed by atoms with Gasteiger partial charge in [0.1, 0.15) is 35.6 Å². The van der Waals surface area contributed by atoms with E-state index in [0.29, 0.717) is 30.5 Å². The lowest BCUT2D eigenvalue weighted by atomic mass is 9.98. The second-order valence-electron chi connectivity index (χ2n) is 28.0. The summed E-state index contributed by atoms with van der Waals surface area (Å²) in [5, 5.41) is 26.4. The van der Waals surface area contributed by atoms with Crippen LogP contribution in [0, 0.1) is 23.7 Å². The summed E-state index contributed by atoms with van der Waals surface area (Å²) >= 11 is 0. The molecule has 0 amide bonds. The summed E-state index contributed by atoms with van der Waals surface area (Å²) in [5.41, 5.74) is 7.49. The SMILES string of the molecule is CC1C[C@H](n2ccc3c(NC4CCc5ccccc54)ncnc32)C[C@H]1CO[Si](c1ccccc1)(c1ccccc1)C(C)(C)C.CC1[C@H](CO[Si](c2ccccc2)(c2ccccc2)C(C)(C)C)C[C@@H](n2ccc3c(NC4CCc5ccccc54)ncnc32)[C@H]1O. The summed E-state index contributed by atoms with van der Waals surface area (Å²) in [7, 11) is -5.23. The zero-order valence-corrected chi connectivity index (χ0v) is 55.1. The molecule has 2 saturated carbocycles. The van der Waals surface area contributed by atoms with Gasteiger partial charge in [-0.15, -0.1) is 0 Å². The van der Waals surface area contributed by atoms with Crippen molar-refractivity contribution in [2.24, 2.45) is 23.7 Å². The number of aliphatic hydroxyl groups excluding tert-OH is 1. The Morgan fingerprint density at radius 2 is 0.888 bits per heavy atom. The van der Waals surface area contributed by atoms with E-state index in [1.54, 1.807) is 12.7 Å². The zero-order valence-electron chi connectivity index (χ0n) is 53.1. The smallest absolute Gasteiger partial charge is 0.261 e. The van der Waals surface area contributed by atoms with Crippen LogP contribution < -0.4 is 31.4 Å². The van der Waals surface area contributed by atoms with Crippen LogP contribution in [-0.4, -0.2) is 70.1 Å². The van der Waals surface area contributed by atoms with E-state index in [0.717, 1.165) is 85.3 Å².